The number of ether oxygens (including phenoxy) is 2. The summed E-state index contributed by atoms with van der Waals surface area (Å²) in [4.78, 5) is 12.4. The van der Waals surface area contributed by atoms with Gasteiger partial charge in [-0.25, -0.2) is 4.39 Å². The molecule has 0 spiro atoms. The molecule has 0 aliphatic rings. The first kappa shape index (κ1) is 20.7. The van der Waals surface area contributed by atoms with Crippen molar-refractivity contribution in [3.8, 4) is 23.3 Å². The molecule has 0 fully saturated rings. The van der Waals surface area contributed by atoms with Gasteiger partial charge in [0.2, 0.25) is 5.91 Å². The highest BCUT2D eigenvalue weighted by molar-refractivity contribution is 5.97. The molecule has 0 radical (unpaired) electrons. The lowest BCUT2D eigenvalue weighted by atomic mass is 10.2. The number of nitrogens with zero attached hydrogens (tertiary/aromatic N) is 1. The van der Waals surface area contributed by atoms with Crippen LogP contribution in [0.2, 0.25) is 0 Å². The van der Waals surface area contributed by atoms with Crippen molar-refractivity contribution < 1.29 is 18.7 Å². The van der Waals surface area contributed by atoms with Crippen LogP contribution < -0.4 is 20.1 Å². The van der Waals surface area contributed by atoms with Crippen molar-refractivity contribution >= 4 is 17.3 Å². The first-order valence-corrected chi connectivity index (χ1v) is 9.18. The maximum atomic E-state index is 14.5. The number of carbonyl (C=O) groups is 1. The van der Waals surface area contributed by atoms with Gasteiger partial charge < -0.3 is 20.1 Å². The van der Waals surface area contributed by atoms with Gasteiger partial charge in [0.25, 0.3) is 0 Å². The number of carbonyl (C=O) groups excluding carboxylic acids is 1. The molecule has 152 valence electrons. The van der Waals surface area contributed by atoms with Gasteiger partial charge in [0, 0.05) is 11.8 Å². The van der Waals surface area contributed by atoms with Crippen molar-refractivity contribution in [1.29, 1.82) is 5.26 Å². The van der Waals surface area contributed by atoms with E-state index in [1.807, 2.05) is 6.07 Å². The van der Waals surface area contributed by atoms with Gasteiger partial charge in [0.1, 0.15) is 12.1 Å². The highest BCUT2D eigenvalue weighted by Crippen LogP contribution is 2.33. The Kier molecular flexibility index (Phi) is 6.50. The molecule has 0 saturated carbocycles. The second-order valence-electron chi connectivity index (χ2n) is 6.41. The van der Waals surface area contributed by atoms with Crippen LogP contribution in [0.3, 0.4) is 0 Å². The van der Waals surface area contributed by atoms with Crippen molar-refractivity contribution in [2.75, 3.05) is 17.7 Å². The van der Waals surface area contributed by atoms with Crippen molar-refractivity contribution in [1.82, 2.24) is 0 Å². The Balaban J connectivity index is 1.67. The molecule has 30 heavy (non-hydrogen) atoms. The fourth-order valence-electron chi connectivity index (χ4n) is 2.74. The van der Waals surface area contributed by atoms with Crippen molar-refractivity contribution in [3.05, 3.63) is 78.1 Å². The molecule has 2 N–H and O–H groups in total. The topological polar surface area (TPSA) is 83.4 Å². The van der Waals surface area contributed by atoms with Gasteiger partial charge in [-0.15, -0.1) is 0 Å². The zero-order chi connectivity index (χ0) is 21.5. The number of nitrogens with one attached hydrogen (secondary N) is 2. The Labute approximate surface area is 173 Å². The van der Waals surface area contributed by atoms with E-state index < -0.39 is 11.9 Å². The molecule has 3 aromatic carbocycles. The van der Waals surface area contributed by atoms with Gasteiger partial charge in [-0.2, -0.15) is 5.26 Å². The smallest absolute Gasteiger partial charge is 0.246 e. The quantitative estimate of drug-likeness (QED) is 0.582. The lowest BCUT2D eigenvalue weighted by Gasteiger charge is -2.17. The van der Waals surface area contributed by atoms with Gasteiger partial charge in [-0.05, 0) is 43.3 Å². The zero-order valence-corrected chi connectivity index (χ0v) is 16.5. The monoisotopic (exact) mass is 405 g/mol. The van der Waals surface area contributed by atoms with Crippen LogP contribution in [-0.2, 0) is 4.79 Å². The summed E-state index contributed by atoms with van der Waals surface area (Å²) in [6.07, 6.45) is 0. The molecular formula is C23H20FN3O3. The van der Waals surface area contributed by atoms with Gasteiger partial charge in [0.15, 0.2) is 23.1 Å². The van der Waals surface area contributed by atoms with Gasteiger partial charge in [-0.3, -0.25) is 4.79 Å². The Morgan fingerprint density at radius 2 is 1.73 bits per heavy atom. The number of benzene rings is 3. The van der Waals surface area contributed by atoms with E-state index >= 15 is 0 Å². The van der Waals surface area contributed by atoms with E-state index in [1.165, 1.54) is 19.2 Å². The first-order valence-electron chi connectivity index (χ1n) is 9.18. The SMILES string of the molecule is COc1ccccc1Oc1ccc(NC(C)C(=O)Nc2ccccc2C#N)cc1F. The number of rotatable bonds is 7. The van der Waals surface area contributed by atoms with E-state index in [2.05, 4.69) is 10.6 Å². The fraction of sp³-hybridized carbons (Fsp3) is 0.130. The van der Waals surface area contributed by atoms with Crippen LogP contribution in [0.5, 0.6) is 17.2 Å². The number of hydrogen-bond donors (Lipinski definition) is 2. The van der Waals surface area contributed by atoms with Crippen molar-refractivity contribution in [2.45, 2.75) is 13.0 Å². The third-order valence-corrected chi connectivity index (χ3v) is 4.30. The number of nitriles is 1. The predicted molar refractivity (Wildman–Crippen MR) is 112 cm³/mol. The van der Waals surface area contributed by atoms with E-state index in [0.29, 0.717) is 28.4 Å². The molecule has 3 rings (SSSR count). The average Bonchev–Trinajstić information content (AvgIpc) is 2.76. The summed E-state index contributed by atoms with van der Waals surface area (Å²) in [7, 11) is 1.51. The molecule has 6 nitrogen and oxygen atoms in total. The van der Waals surface area contributed by atoms with E-state index in [4.69, 9.17) is 14.7 Å². The normalized spacial score (nSPS) is 11.1. The van der Waals surface area contributed by atoms with E-state index in [-0.39, 0.29) is 11.7 Å². The molecule has 0 aromatic heterocycles. The number of amides is 1. The van der Waals surface area contributed by atoms with Crippen LogP contribution in [0.15, 0.2) is 66.7 Å². The largest absolute Gasteiger partial charge is 0.493 e. The maximum Gasteiger partial charge on any atom is 0.246 e. The number of para-hydroxylation sites is 3. The third-order valence-electron chi connectivity index (χ3n) is 4.30. The molecule has 1 atom stereocenters. The lowest BCUT2D eigenvalue weighted by molar-refractivity contribution is -0.116. The highest BCUT2D eigenvalue weighted by Gasteiger charge is 2.16. The number of anilines is 2. The van der Waals surface area contributed by atoms with Crippen LogP contribution in [0, 0.1) is 17.1 Å². The van der Waals surface area contributed by atoms with Crippen LogP contribution in [0.1, 0.15) is 12.5 Å². The first-order chi connectivity index (χ1) is 14.5. The van der Waals surface area contributed by atoms with Gasteiger partial charge in [-0.1, -0.05) is 24.3 Å². The van der Waals surface area contributed by atoms with Crippen molar-refractivity contribution in [2.24, 2.45) is 0 Å². The number of halogens is 1. The maximum absolute atomic E-state index is 14.5. The molecule has 3 aromatic rings. The fourth-order valence-corrected chi connectivity index (χ4v) is 2.74. The van der Waals surface area contributed by atoms with Gasteiger partial charge >= 0.3 is 0 Å². The standard InChI is InChI=1S/C23H20FN3O3/c1-15(23(28)27-19-8-4-3-7-16(19)14-25)26-17-11-12-20(18(24)13-17)30-22-10-6-5-9-21(22)29-2/h3-13,15,26H,1-2H3,(H,27,28). The minimum Gasteiger partial charge on any atom is -0.493 e. The van der Waals surface area contributed by atoms with E-state index in [0.717, 1.165) is 0 Å². The summed E-state index contributed by atoms with van der Waals surface area (Å²) in [5.41, 5.74) is 1.20. The molecular weight excluding hydrogens is 385 g/mol. The molecule has 7 heteroatoms. The summed E-state index contributed by atoms with van der Waals surface area (Å²) in [6.45, 7) is 1.64. The molecule has 0 saturated heterocycles. The van der Waals surface area contributed by atoms with E-state index in [1.54, 1.807) is 61.5 Å². The van der Waals surface area contributed by atoms with Crippen LogP contribution in [-0.4, -0.2) is 19.1 Å². The van der Waals surface area contributed by atoms with Gasteiger partial charge in [0.05, 0.1) is 18.4 Å². The molecule has 0 aliphatic carbocycles. The highest BCUT2D eigenvalue weighted by atomic mass is 19.1. The number of hydrogen-bond acceptors (Lipinski definition) is 5. The molecule has 1 amide bonds. The van der Waals surface area contributed by atoms with Crippen LogP contribution in [0.4, 0.5) is 15.8 Å². The van der Waals surface area contributed by atoms with Crippen LogP contribution >= 0.6 is 0 Å². The average molecular weight is 405 g/mol. The molecule has 0 aliphatic heterocycles. The molecule has 0 heterocycles. The Bertz CT molecular complexity index is 1100. The summed E-state index contributed by atoms with van der Waals surface area (Å²) in [5, 5.41) is 14.8. The summed E-state index contributed by atoms with van der Waals surface area (Å²) in [5.74, 6) is -0.0311. The van der Waals surface area contributed by atoms with Crippen molar-refractivity contribution in [3.63, 3.8) is 0 Å². The zero-order valence-electron chi connectivity index (χ0n) is 16.5. The lowest BCUT2D eigenvalue weighted by Crippen LogP contribution is -2.32. The summed E-state index contributed by atoms with van der Waals surface area (Å²) >= 11 is 0. The summed E-state index contributed by atoms with van der Waals surface area (Å²) < 4.78 is 25.3. The van der Waals surface area contributed by atoms with E-state index in [9.17, 15) is 9.18 Å². The Hall–Kier alpha value is -4.05. The Morgan fingerprint density at radius 1 is 1.03 bits per heavy atom. The second kappa shape index (κ2) is 9.43. The van der Waals surface area contributed by atoms with Crippen LogP contribution in [0.25, 0.3) is 0 Å². The summed E-state index contributed by atoms with van der Waals surface area (Å²) in [6, 6.07) is 19.3. The second-order valence-corrected chi connectivity index (χ2v) is 6.41. The predicted octanol–water partition coefficient (Wildman–Crippen LogP) is 4.94. The minimum atomic E-state index is -0.669. The molecule has 0 bridgehead atoms. The minimum absolute atomic E-state index is 0.0325. The number of methoxy groups -OCH3 is 1. The molecule has 1 unspecified atom stereocenters. The third kappa shape index (κ3) is 4.86. The Morgan fingerprint density at radius 3 is 2.43 bits per heavy atom.